The molecule has 228 valence electrons. The third kappa shape index (κ3) is 5.82. The van der Waals surface area contributed by atoms with E-state index in [1.807, 2.05) is 7.05 Å². The zero-order valence-corrected chi connectivity index (χ0v) is 24.9. The number of fused-ring (bicyclic) bond motifs is 1. The number of thiazole rings is 1. The molecule has 15 nitrogen and oxygen atoms in total. The van der Waals surface area contributed by atoms with Crippen LogP contribution in [0.1, 0.15) is 16.1 Å². The van der Waals surface area contributed by atoms with Crippen LogP contribution < -0.4 is 11.1 Å². The van der Waals surface area contributed by atoms with Crippen LogP contribution >= 0.6 is 23.1 Å². The Hall–Kier alpha value is -4.35. The molecule has 1 aromatic carbocycles. The quantitative estimate of drug-likeness (QED) is 0.0848. The number of anilines is 1. The number of rotatable bonds is 8. The van der Waals surface area contributed by atoms with Gasteiger partial charge >= 0.3 is 5.97 Å². The molecule has 0 radical (unpaired) electrons. The summed E-state index contributed by atoms with van der Waals surface area (Å²) in [5.41, 5.74) is 6.46. The Morgan fingerprint density at radius 2 is 1.95 bits per heavy atom. The number of aromatic hydroxyl groups is 2. The number of nitrogen functional groups attached to an aromatic ring is 1. The molecule has 1 aromatic heterocycles. The van der Waals surface area contributed by atoms with Crippen LogP contribution in [0.2, 0.25) is 0 Å². The van der Waals surface area contributed by atoms with Gasteiger partial charge in [-0.25, -0.2) is 9.78 Å². The van der Waals surface area contributed by atoms with Gasteiger partial charge in [0.2, 0.25) is 0 Å². The number of thioether (sulfide) groups is 1. The molecular weight excluding hydrogens is 602 g/mol. The van der Waals surface area contributed by atoms with Crippen LogP contribution in [0.3, 0.4) is 0 Å². The summed E-state index contributed by atoms with van der Waals surface area (Å²) in [6, 6.07) is 2.96. The summed E-state index contributed by atoms with van der Waals surface area (Å²) in [5.74, 6) is -3.11. The van der Waals surface area contributed by atoms with Gasteiger partial charge in [0.05, 0.1) is 33.2 Å². The fourth-order valence-corrected chi connectivity index (χ4v) is 7.20. The van der Waals surface area contributed by atoms with E-state index in [4.69, 9.17) is 10.6 Å². The Morgan fingerprint density at radius 3 is 2.56 bits per heavy atom. The van der Waals surface area contributed by atoms with E-state index in [1.54, 1.807) is 4.90 Å². The predicted molar refractivity (Wildman–Crippen MR) is 156 cm³/mol. The molecule has 17 heteroatoms. The number of nitrogens with one attached hydrogen (secondary N) is 1. The third-order valence-corrected chi connectivity index (χ3v) is 9.61. The van der Waals surface area contributed by atoms with E-state index in [1.165, 1.54) is 47.4 Å². The van der Waals surface area contributed by atoms with E-state index in [-0.39, 0.29) is 45.2 Å². The number of carboxylic acids is 1. The second-order valence-electron chi connectivity index (χ2n) is 10.5. The minimum absolute atomic E-state index is 0.0882. The molecule has 0 saturated carbocycles. The maximum absolute atomic E-state index is 13.2. The van der Waals surface area contributed by atoms with Crippen molar-refractivity contribution in [3.8, 4) is 11.5 Å². The number of hydrogen-bond acceptors (Lipinski definition) is 12. The Balaban J connectivity index is 1.26. The van der Waals surface area contributed by atoms with Crippen molar-refractivity contribution < 1.29 is 43.8 Å². The van der Waals surface area contributed by atoms with Crippen LogP contribution in [0, 0.1) is 0 Å². The highest BCUT2D eigenvalue weighted by molar-refractivity contribution is 8.00. The molecule has 43 heavy (non-hydrogen) atoms. The number of β-lactam (4-membered cyclic amide) rings is 1. The normalized spacial score (nSPS) is 21.6. The number of likely N-dealkylation sites (N-methyl/N-ethyl adjacent to an activating group) is 1. The highest BCUT2D eigenvalue weighted by Crippen LogP contribution is 2.41. The molecule has 2 atom stereocenters. The van der Waals surface area contributed by atoms with Crippen molar-refractivity contribution >= 4 is 57.6 Å². The lowest BCUT2D eigenvalue weighted by Gasteiger charge is -2.50. The van der Waals surface area contributed by atoms with E-state index in [0.717, 1.165) is 11.3 Å². The minimum atomic E-state index is -1.23. The SMILES string of the molecule is CON=C(C(=O)N[C@@H]1C(=O)N2C(C(=O)O)=C(C[N+]3(C)CCN(C(=O)c4ccc(O)c(O)c4)CC3)CS[C@@H]12)c1csc(N)n1. The fraction of sp³-hybridized carbons (Fsp3) is 0.385. The summed E-state index contributed by atoms with van der Waals surface area (Å²) in [4.78, 5) is 63.2. The summed E-state index contributed by atoms with van der Waals surface area (Å²) in [5, 5.41) is 36.9. The maximum atomic E-state index is 13.2. The summed E-state index contributed by atoms with van der Waals surface area (Å²) in [6.45, 7) is 2.23. The number of nitrogens with zero attached hydrogens (tertiary/aromatic N) is 5. The molecule has 5 rings (SSSR count). The van der Waals surface area contributed by atoms with Crippen LogP contribution in [-0.2, 0) is 19.2 Å². The smallest absolute Gasteiger partial charge is 0.352 e. The topological polar surface area (TPSA) is 208 Å². The molecule has 3 aliphatic rings. The van der Waals surface area contributed by atoms with Gasteiger partial charge in [0.25, 0.3) is 17.7 Å². The van der Waals surface area contributed by atoms with Crippen molar-refractivity contribution in [3.05, 3.63) is 46.1 Å². The van der Waals surface area contributed by atoms with E-state index in [9.17, 15) is 34.5 Å². The molecule has 6 N–H and O–H groups in total. The molecule has 0 bridgehead atoms. The van der Waals surface area contributed by atoms with E-state index in [0.29, 0.717) is 48.5 Å². The lowest BCUT2D eigenvalue weighted by molar-refractivity contribution is -0.908. The van der Waals surface area contributed by atoms with Gasteiger partial charge in [0.1, 0.15) is 36.5 Å². The number of carbonyl (C=O) groups excluding carboxylic acids is 3. The second kappa shape index (κ2) is 11.7. The van der Waals surface area contributed by atoms with Crippen LogP contribution in [0.4, 0.5) is 5.13 Å². The molecule has 0 spiro atoms. The van der Waals surface area contributed by atoms with Gasteiger partial charge < -0.3 is 40.6 Å². The Morgan fingerprint density at radius 1 is 1.23 bits per heavy atom. The number of nitrogens with two attached hydrogens (primary N) is 1. The number of oxime groups is 1. The van der Waals surface area contributed by atoms with Crippen LogP contribution in [0.5, 0.6) is 11.5 Å². The average molecular weight is 633 g/mol. The summed E-state index contributed by atoms with van der Waals surface area (Å²) >= 11 is 2.47. The zero-order chi connectivity index (χ0) is 31.1. The van der Waals surface area contributed by atoms with E-state index < -0.39 is 29.2 Å². The van der Waals surface area contributed by atoms with Crippen LogP contribution in [0.15, 0.2) is 40.0 Å². The molecule has 3 amide bonds. The fourth-order valence-electron chi connectivity index (χ4n) is 5.32. The third-order valence-electron chi connectivity index (χ3n) is 7.60. The molecule has 2 saturated heterocycles. The first-order chi connectivity index (χ1) is 20.4. The van der Waals surface area contributed by atoms with Gasteiger partial charge in [-0.3, -0.25) is 19.3 Å². The Bertz CT molecular complexity index is 1550. The minimum Gasteiger partial charge on any atom is -0.504 e. The number of piperazine rings is 1. The van der Waals surface area contributed by atoms with Gasteiger partial charge in [-0.1, -0.05) is 5.16 Å². The number of phenols is 2. The maximum Gasteiger partial charge on any atom is 0.352 e. The van der Waals surface area contributed by atoms with Crippen molar-refractivity contribution in [2.75, 3.05) is 58.4 Å². The molecule has 0 unspecified atom stereocenters. The number of carboxylic acid groups (broad SMARTS) is 1. The van der Waals surface area contributed by atoms with Gasteiger partial charge in [0.15, 0.2) is 22.3 Å². The Labute approximate surface area is 253 Å². The number of carbonyl (C=O) groups is 4. The monoisotopic (exact) mass is 632 g/mol. The van der Waals surface area contributed by atoms with E-state index in [2.05, 4.69) is 15.5 Å². The van der Waals surface area contributed by atoms with Crippen molar-refractivity contribution in [2.24, 2.45) is 5.16 Å². The predicted octanol–water partition coefficient (Wildman–Crippen LogP) is -0.172. The Kier molecular flexibility index (Phi) is 8.22. The first-order valence-corrected chi connectivity index (χ1v) is 15.0. The first kappa shape index (κ1) is 30.1. The number of aliphatic carboxylic acids is 1. The number of benzene rings is 1. The van der Waals surface area contributed by atoms with Gasteiger partial charge in [-0.15, -0.1) is 23.1 Å². The summed E-state index contributed by atoms with van der Waals surface area (Å²) in [6.07, 6.45) is 0. The standard InChI is InChI=1S/C26H29N7O8S2/c1-33(7-5-31(6-8-33)22(37)13-3-4-16(34)17(35)9-13)10-14-11-42-24-19(23(38)32(24)20(14)25(39)40)29-21(36)18(30-41-2)15-12-43-26(27)28-15/h3-4,9,12,19,24H,5-8,10-11H2,1-2H3,(H5-,27,28,29,30,34,35,36,37,39,40)/p+1/t19-,24+/m1/s1. The van der Waals surface area contributed by atoms with Crippen molar-refractivity contribution in [1.82, 2.24) is 20.1 Å². The molecular formula is C26H30N7O8S2+. The highest BCUT2D eigenvalue weighted by atomic mass is 32.2. The van der Waals surface area contributed by atoms with Crippen LogP contribution in [0.25, 0.3) is 0 Å². The first-order valence-electron chi connectivity index (χ1n) is 13.1. The largest absolute Gasteiger partial charge is 0.504 e. The van der Waals surface area contributed by atoms with Gasteiger partial charge in [-0.2, -0.15) is 0 Å². The molecule has 2 aromatic rings. The zero-order valence-electron chi connectivity index (χ0n) is 23.2. The lowest BCUT2D eigenvalue weighted by Crippen LogP contribution is -2.71. The van der Waals surface area contributed by atoms with Crippen LogP contribution in [-0.4, -0.2) is 128 Å². The molecule has 2 fully saturated rings. The number of aromatic nitrogens is 1. The van der Waals surface area contributed by atoms with Gasteiger partial charge in [0, 0.05) is 22.3 Å². The second-order valence-corrected chi connectivity index (χ2v) is 12.5. The number of hydrogen-bond donors (Lipinski definition) is 5. The summed E-state index contributed by atoms with van der Waals surface area (Å²) in [7, 11) is 3.24. The average Bonchev–Trinajstić information content (AvgIpc) is 3.41. The number of quaternary nitrogens is 1. The van der Waals surface area contributed by atoms with Gasteiger partial charge in [-0.05, 0) is 18.2 Å². The molecule has 4 heterocycles. The molecule has 0 aliphatic carbocycles. The van der Waals surface area contributed by atoms with Crippen molar-refractivity contribution in [3.63, 3.8) is 0 Å². The summed E-state index contributed by atoms with van der Waals surface area (Å²) < 4.78 is 0.456. The number of phenolic OH excluding ortho intramolecular Hbond substituents is 2. The lowest BCUT2D eigenvalue weighted by atomic mass is 10.0. The highest BCUT2D eigenvalue weighted by Gasteiger charge is 2.55. The number of amides is 3. The van der Waals surface area contributed by atoms with Crippen molar-refractivity contribution in [2.45, 2.75) is 11.4 Å². The molecule has 3 aliphatic heterocycles. The van der Waals surface area contributed by atoms with E-state index >= 15 is 0 Å². The van der Waals surface area contributed by atoms with Crippen molar-refractivity contribution in [1.29, 1.82) is 0 Å².